The molecule has 3 aromatic rings. The molecule has 0 unspecified atom stereocenters. The Hall–Kier alpha value is -4.25. The first-order valence-corrected chi connectivity index (χ1v) is 18.3. The number of aromatic nitrogens is 1. The first kappa shape index (κ1) is 38.0. The van der Waals surface area contributed by atoms with Crippen LogP contribution in [-0.2, 0) is 27.4 Å². The topological polar surface area (TPSA) is 107 Å². The number of anilines is 1. The van der Waals surface area contributed by atoms with Crippen LogP contribution in [-0.4, -0.2) is 91.8 Å². The van der Waals surface area contributed by atoms with Crippen molar-refractivity contribution >= 4 is 17.5 Å². The van der Waals surface area contributed by atoms with E-state index in [-0.39, 0.29) is 30.0 Å². The average Bonchev–Trinajstić information content (AvgIpc) is 3.13. The van der Waals surface area contributed by atoms with Crippen LogP contribution in [0.25, 0.3) is 11.1 Å². The molecule has 0 saturated carbocycles. The first-order valence-electron chi connectivity index (χ1n) is 18.3. The summed E-state index contributed by atoms with van der Waals surface area (Å²) >= 11 is 0. The van der Waals surface area contributed by atoms with E-state index in [4.69, 9.17) is 9.47 Å². The highest BCUT2D eigenvalue weighted by Crippen LogP contribution is 2.34. The molecule has 274 valence electrons. The molecule has 10 nitrogen and oxygen atoms in total. The maximum absolute atomic E-state index is 14.0. The molecule has 2 aliphatic rings. The van der Waals surface area contributed by atoms with E-state index < -0.39 is 0 Å². The number of aryl methyl sites for hydroxylation is 2. The van der Waals surface area contributed by atoms with Crippen LogP contribution in [0.5, 0.6) is 0 Å². The third kappa shape index (κ3) is 9.55. The Balaban J connectivity index is 1.38. The predicted octanol–water partition coefficient (Wildman–Crippen LogP) is 5.53. The van der Waals surface area contributed by atoms with Crippen LogP contribution in [0.3, 0.4) is 0 Å². The van der Waals surface area contributed by atoms with Crippen LogP contribution in [0.2, 0.25) is 0 Å². The second-order valence-corrected chi connectivity index (χ2v) is 13.9. The molecule has 0 atom stereocenters. The SMILES string of the molecule is C=CC(=O)N1CCC(N(CC)c2cc(-c3ccc(CN4CCC(OCCOC)CC4)cc3)cc(C(=O)NCc3c(C)cc(C)[nH]c3=O)c2C)CC1. The van der Waals surface area contributed by atoms with Gasteiger partial charge in [-0.05, 0) is 105 Å². The molecule has 2 aliphatic heterocycles. The quantitative estimate of drug-likeness (QED) is 0.169. The highest BCUT2D eigenvalue weighted by molar-refractivity contribution is 5.99. The number of benzene rings is 2. The van der Waals surface area contributed by atoms with Gasteiger partial charge in [0.25, 0.3) is 11.5 Å². The lowest BCUT2D eigenvalue weighted by atomic mass is 9.94. The molecule has 2 N–H and O–H groups in total. The van der Waals surface area contributed by atoms with Crippen LogP contribution in [0.4, 0.5) is 5.69 Å². The lowest BCUT2D eigenvalue weighted by molar-refractivity contribution is -0.127. The molecule has 2 fully saturated rings. The maximum Gasteiger partial charge on any atom is 0.253 e. The number of hydrogen-bond acceptors (Lipinski definition) is 7. The highest BCUT2D eigenvalue weighted by Gasteiger charge is 2.28. The van der Waals surface area contributed by atoms with Crippen molar-refractivity contribution in [2.75, 3.05) is 57.9 Å². The van der Waals surface area contributed by atoms with Gasteiger partial charge >= 0.3 is 0 Å². The fourth-order valence-corrected chi connectivity index (χ4v) is 7.51. The first-order chi connectivity index (χ1) is 24.6. The van der Waals surface area contributed by atoms with E-state index >= 15 is 0 Å². The van der Waals surface area contributed by atoms with Gasteiger partial charge in [0.2, 0.25) is 5.91 Å². The van der Waals surface area contributed by atoms with E-state index in [1.54, 1.807) is 7.11 Å². The number of nitrogens with zero attached hydrogens (tertiary/aromatic N) is 3. The summed E-state index contributed by atoms with van der Waals surface area (Å²) in [5.74, 6) is -0.250. The van der Waals surface area contributed by atoms with E-state index in [0.717, 1.165) is 85.5 Å². The smallest absolute Gasteiger partial charge is 0.253 e. The number of likely N-dealkylation sites (tertiary alicyclic amines) is 2. The normalized spacial score (nSPS) is 15.9. The summed E-state index contributed by atoms with van der Waals surface area (Å²) in [5.41, 5.74) is 7.74. The van der Waals surface area contributed by atoms with Gasteiger partial charge in [-0.3, -0.25) is 19.3 Å². The molecule has 10 heteroatoms. The van der Waals surface area contributed by atoms with E-state index in [9.17, 15) is 14.4 Å². The largest absolute Gasteiger partial charge is 0.382 e. The van der Waals surface area contributed by atoms with Gasteiger partial charge in [-0.25, -0.2) is 0 Å². The monoisotopic (exact) mass is 697 g/mol. The molecule has 3 heterocycles. The third-order valence-corrected chi connectivity index (χ3v) is 10.5. The highest BCUT2D eigenvalue weighted by atomic mass is 16.5. The molecular formula is C41H55N5O5. The fraction of sp³-hybridized carbons (Fsp3) is 0.488. The van der Waals surface area contributed by atoms with Crippen LogP contribution < -0.4 is 15.8 Å². The molecule has 0 spiro atoms. The zero-order valence-corrected chi connectivity index (χ0v) is 31.1. The molecule has 0 radical (unpaired) electrons. The molecule has 5 rings (SSSR count). The number of hydrogen-bond donors (Lipinski definition) is 2. The zero-order valence-electron chi connectivity index (χ0n) is 31.1. The summed E-state index contributed by atoms with van der Waals surface area (Å²) in [7, 11) is 1.70. The van der Waals surface area contributed by atoms with Gasteiger partial charge in [0.1, 0.15) is 0 Å². The molecule has 2 aromatic carbocycles. The number of nitrogens with one attached hydrogen (secondary N) is 2. The summed E-state index contributed by atoms with van der Waals surface area (Å²) < 4.78 is 11.1. The molecule has 1 aromatic heterocycles. The van der Waals surface area contributed by atoms with Crippen LogP contribution >= 0.6 is 0 Å². The lowest BCUT2D eigenvalue weighted by Crippen LogP contribution is -2.46. The van der Waals surface area contributed by atoms with Crippen molar-refractivity contribution < 1.29 is 19.1 Å². The minimum Gasteiger partial charge on any atom is -0.382 e. The van der Waals surface area contributed by atoms with Gasteiger partial charge in [0.05, 0.1) is 19.3 Å². The Morgan fingerprint density at radius 2 is 1.69 bits per heavy atom. The minimum atomic E-state index is -0.219. The molecule has 2 amide bonds. The van der Waals surface area contributed by atoms with E-state index in [1.165, 1.54) is 11.6 Å². The van der Waals surface area contributed by atoms with E-state index in [1.807, 2.05) is 37.8 Å². The van der Waals surface area contributed by atoms with Crippen LogP contribution in [0.1, 0.15) is 70.9 Å². The van der Waals surface area contributed by atoms with E-state index in [0.29, 0.717) is 43.5 Å². The second-order valence-electron chi connectivity index (χ2n) is 13.9. The Kier molecular flexibility index (Phi) is 13.3. The zero-order chi connectivity index (χ0) is 36.5. The van der Waals surface area contributed by atoms with Crippen molar-refractivity contribution in [3.05, 3.63) is 99.0 Å². The Morgan fingerprint density at radius 3 is 2.31 bits per heavy atom. The number of amides is 2. The minimum absolute atomic E-state index is 0.0313. The summed E-state index contributed by atoms with van der Waals surface area (Å²) in [5, 5.41) is 3.04. The van der Waals surface area contributed by atoms with Crippen molar-refractivity contribution in [3.63, 3.8) is 0 Å². The average molecular weight is 698 g/mol. The maximum atomic E-state index is 14.0. The molecule has 0 bridgehead atoms. The summed E-state index contributed by atoms with van der Waals surface area (Å²) in [6.07, 6.45) is 5.39. The summed E-state index contributed by atoms with van der Waals surface area (Å²) in [6, 6.07) is 15.0. The van der Waals surface area contributed by atoms with Crippen molar-refractivity contribution in [1.82, 2.24) is 20.1 Å². The molecule has 2 saturated heterocycles. The van der Waals surface area contributed by atoms with Crippen LogP contribution in [0, 0.1) is 20.8 Å². The second kappa shape index (κ2) is 17.8. The molecule has 0 aliphatic carbocycles. The number of carbonyl (C=O) groups excluding carboxylic acids is 2. The summed E-state index contributed by atoms with van der Waals surface area (Å²) in [6.45, 7) is 17.9. The lowest BCUT2D eigenvalue weighted by Gasteiger charge is -2.40. The Morgan fingerprint density at radius 1 is 0.980 bits per heavy atom. The van der Waals surface area contributed by atoms with Gasteiger partial charge < -0.3 is 29.6 Å². The van der Waals surface area contributed by atoms with Crippen molar-refractivity contribution in [1.29, 1.82) is 0 Å². The van der Waals surface area contributed by atoms with Gasteiger partial charge in [-0.1, -0.05) is 30.8 Å². The number of piperidine rings is 2. The van der Waals surface area contributed by atoms with Gasteiger partial charge in [-0.15, -0.1) is 0 Å². The Bertz CT molecular complexity index is 1720. The standard InChI is InChI=1S/C41H55N5O5/c1-7-39(47)45-19-13-34(14-20-45)46(8-2)38-25-33(24-36(30(38)5)40(48)42-26-37-28(3)23-29(4)43-41(37)49)32-11-9-31(10-12-32)27-44-17-15-35(16-18-44)51-22-21-50-6/h7,9-12,23-25,34-35H,1,8,13-22,26-27H2,2-6H3,(H,42,48)(H,43,49). The number of methoxy groups -OCH3 is 1. The molecule has 51 heavy (non-hydrogen) atoms. The van der Waals surface area contributed by atoms with Crippen molar-refractivity contribution in [3.8, 4) is 11.1 Å². The van der Waals surface area contributed by atoms with E-state index in [2.05, 4.69) is 63.9 Å². The summed E-state index contributed by atoms with van der Waals surface area (Å²) in [4.78, 5) is 48.5. The van der Waals surface area contributed by atoms with Gasteiger partial charge in [0, 0.05) is 81.5 Å². The Labute approximate surface area is 302 Å². The number of aromatic amines is 1. The predicted molar refractivity (Wildman–Crippen MR) is 203 cm³/mol. The van der Waals surface area contributed by atoms with Gasteiger partial charge in [-0.2, -0.15) is 0 Å². The number of rotatable bonds is 14. The fourth-order valence-electron chi connectivity index (χ4n) is 7.51. The van der Waals surface area contributed by atoms with Crippen LogP contribution in [0.15, 0.2) is 59.9 Å². The molecular weight excluding hydrogens is 642 g/mol. The number of ether oxygens (including phenoxy) is 2. The number of carbonyl (C=O) groups is 2. The van der Waals surface area contributed by atoms with Crippen molar-refractivity contribution in [2.24, 2.45) is 0 Å². The van der Waals surface area contributed by atoms with Gasteiger partial charge in [0.15, 0.2) is 0 Å². The number of pyridine rings is 1. The third-order valence-electron chi connectivity index (χ3n) is 10.5. The number of H-pyrrole nitrogens is 1. The van der Waals surface area contributed by atoms with Crippen molar-refractivity contribution in [2.45, 2.75) is 78.6 Å².